The minimum absolute atomic E-state index is 0.0692. The van der Waals surface area contributed by atoms with Gasteiger partial charge >= 0.3 is 6.03 Å². The van der Waals surface area contributed by atoms with Crippen LogP contribution in [0.25, 0.3) is 17.0 Å². The quantitative estimate of drug-likeness (QED) is 0.405. The van der Waals surface area contributed by atoms with Crippen molar-refractivity contribution >= 4 is 52.1 Å². The summed E-state index contributed by atoms with van der Waals surface area (Å²) in [6, 6.07) is 10.6. The first-order valence-electron chi connectivity index (χ1n) is 11.8. The lowest BCUT2D eigenvalue weighted by atomic mass is 9.93. The number of fused-ring (bicyclic) bond motifs is 1. The number of rotatable bonds is 6. The summed E-state index contributed by atoms with van der Waals surface area (Å²) >= 11 is 1.58. The molecule has 1 aliphatic carbocycles. The Bertz CT molecular complexity index is 1320. The Labute approximate surface area is 206 Å². The molecule has 180 valence electrons. The molecule has 3 heterocycles. The van der Waals surface area contributed by atoms with Crippen molar-refractivity contribution in [2.45, 2.75) is 51.2 Å². The van der Waals surface area contributed by atoms with E-state index in [-0.39, 0.29) is 24.1 Å². The lowest BCUT2D eigenvalue weighted by Crippen LogP contribution is -2.58. The molecule has 2 aliphatic rings. The lowest BCUT2D eigenvalue weighted by molar-refractivity contribution is -0.132. The molecular weight excluding hydrogens is 464 g/mol. The van der Waals surface area contributed by atoms with Gasteiger partial charge in [0.15, 0.2) is 0 Å². The number of urea groups is 1. The summed E-state index contributed by atoms with van der Waals surface area (Å²) < 4.78 is 1.81. The Morgan fingerprint density at radius 3 is 2.66 bits per heavy atom. The second-order valence-corrected chi connectivity index (χ2v) is 9.90. The van der Waals surface area contributed by atoms with Crippen LogP contribution >= 0.6 is 11.3 Å². The van der Waals surface area contributed by atoms with E-state index in [4.69, 9.17) is 0 Å². The first kappa shape index (κ1) is 23.0. The summed E-state index contributed by atoms with van der Waals surface area (Å²) in [5, 5.41) is 8.03. The van der Waals surface area contributed by atoms with Crippen molar-refractivity contribution in [2.24, 2.45) is 0 Å². The van der Waals surface area contributed by atoms with Crippen LogP contribution in [0.15, 0.2) is 53.5 Å². The number of carbonyl (C=O) groups excluding carboxylic acids is 4. The van der Waals surface area contributed by atoms with Crippen molar-refractivity contribution in [2.75, 3.05) is 0 Å². The number of nitrogens with zero attached hydrogens (tertiary/aromatic N) is 2. The van der Waals surface area contributed by atoms with Crippen LogP contribution in [-0.4, -0.2) is 39.3 Å². The fourth-order valence-corrected chi connectivity index (χ4v) is 5.47. The highest BCUT2D eigenvalue weighted by atomic mass is 32.1. The van der Waals surface area contributed by atoms with Gasteiger partial charge in [-0.1, -0.05) is 43.5 Å². The van der Waals surface area contributed by atoms with Gasteiger partial charge in [0.2, 0.25) is 5.91 Å². The number of carbonyl (C=O) groups is 4. The van der Waals surface area contributed by atoms with E-state index in [1.165, 1.54) is 11.0 Å². The molecule has 2 fully saturated rings. The highest BCUT2D eigenvalue weighted by Gasteiger charge is 2.40. The van der Waals surface area contributed by atoms with E-state index < -0.39 is 17.8 Å². The van der Waals surface area contributed by atoms with Gasteiger partial charge < -0.3 is 9.88 Å². The molecular formula is C26H26N4O4S. The van der Waals surface area contributed by atoms with Crippen LogP contribution in [0.3, 0.4) is 0 Å². The van der Waals surface area contributed by atoms with Crippen LogP contribution in [0, 0.1) is 0 Å². The number of barbiturate groups is 1. The number of aromatic nitrogens is 1. The van der Waals surface area contributed by atoms with E-state index in [0.29, 0.717) is 12.1 Å². The third-order valence-corrected chi connectivity index (χ3v) is 7.42. The normalized spacial score (nSPS) is 18.3. The van der Waals surface area contributed by atoms with Gasteiger partial charge in [-0.2, -0.15) is 0 Å². The molecule has 1 saturated heterocycles. The molecule has 1 saturated carbocycles. The molecule has 35 heavy (non-hydrogen) atoms. The molecule has 8 nitrogen and oxygen atoms in total. The number of hydrogen-bond donors (Lipinski definition) is 2. The molecule has 5 amide bonds. The van der Waals surface area contributed by atoms with E-state index in [1.54, 1.807) is 22.1 Å². The zero-order chi connectivity index (χ0) is 24.4. The summed E-state index contributed by atoms with van der Waals surface area (Å²) in [5.41, 5.74) is 1.39. The summed E-state index contributed by atoms with van der Waals surface area (Å²) in [7, 11) is 0. The van der Waals surface area contributed by atoms with Crippen LogP contribution in [0.2, 0.25) is 0 Å². The molecule has 3 aromatic rings. The standard InChI is InChI=1S/C26H26N4O4S/c31-23(27-14-19-9-6-12-35-19)16-29-15-17(20-10-4-5-11-22(20)29)13-21-24(32)28-26(34)30(25(21)33)18-7-2-1-3-8-18/h4-6,9-13,15,18H,1-3,7-8,14,16H2,(H,27,31)(H,28,32,34)/b21-13+. The zero-order valence-electron chi connectivity index (χ0n) is 19.2. The van der Waals surface area contributed by atoms with E-state index in [2.05, 4.69) is 10.6 Å². The van der Waals surface area contributed by atoms with Crippen LogP contribution in [0.1, 0.15) is 42.5 Å². The summed E-state index contributed by atoms with van der Waals surface area (Å²) in [6.07, 6.45) is 7.80. The number of thiophene rings is 1. The van der Waals surface area contributed by atoms with Gasteiger partial charge in [0.1, 0.15) is 12.1 Å². The maximum Gasteiger partial charge on any atom is 0.331 e. The van der Waals surface area contributed by atoms with Gasteiger partial charge in [-0.25, -0.2) is 4.79 Å². The van der Waals surface area contributed by atoms with Crippen molar-refractivity contribution in [1.29, 1.82) is 0 Å². The highest BCUT2D eigenvalue weighted by molar-refractivity contribution is 7.09. The largest absolute Gasteiger partial charge is 0.350 e. The van der Waals surface area contributed by atoms with Crippen molar-refractivity contribution in [3.8, 4) is 0 Å². The fourth-order valence-electron chi connectivity index (χ4n) is 4.83. The second kappa shape index (κ2) is 9.87. The molecule has 1 aliphatic heterocycles. The van der Waals surface area contributed by atoms with Crippen LogP contribution in [0.5, 0.6) is 0 Å². The molecule has 0 spiro atoms. The first-order chi connectivity index (χ1) is 17.0. The molecule has 0 bridgehead atoms. The predicted octanol–water partition coefficient (Wildman–Crippen LogP) is 3.81. The Morgan fingerprint density at radius 1 is 1.09 bits per heavy atom. The Hall–Kier alpha value is -3.72. The van der Waals surface area contributed by atoms with Crippen LogP contribution in [0.4, 0.5) is 4.79 Å². The van der Waals surface area contributed by atoms with Gasteiger partial charge in [0.05, 0.1) is 6.54 Å². The number of amides is 5. The maximum atomic E-state index is 13.3. The SMILES string of the molecule is O=C(Cn1cc(/C=C2\C(=O)NC(=O)N(C3CCCCC3)C2=O)c2ccccc21)NCc1cccs1. The van der Waals surface area contributed by atoms with E-state index in [9.17, 15) is 19.2 Å². The molecule has 2 aromatic heterocycles. The summed E-state index contributed by atoms with van der Waals surface area (Å²) in [6.45, 7) is 0.564. The average molecular weight is 491 g/mol. The van der Waals surface area contributed by atoms with Gasteiger partial charge in [0, 0.05) is 33.6 Å². The van der Waals surface area contributed by atoms with Gasteiger partial charge in [-0.3, -0.25) is 24.6 Å². The number of imide groups is 2. The molecule has 9 heteroatoms. The minimum atomic E-state index is -0.697. The molecule has 1 aromatic carbocycles. The average Bonchev–Trinajstić information content (AvgIpc) is 3.49. The van der Waals surface area contributed by atoms with Gasteiger partial charge in [-0.05, 0) is 36.4 Å². The minimum Gasteiger partial charge on any atom is -0.350 e. The molecule has 0 unspecified atom stereocenters. The predicted molar refractivity (Wildman–Crippen MR) is 133 cm³/mol. The van der Waals surface area contributed by atoms with E-state index in [1.807, 2.05) is 41.8 Å². The van der Waals surface area contributed by atoms with Crippen molar-refractivity contribution in [3.05, 3.63) is 64.0 Å². The topological polar surface area (TPSA) is 101 Å². The Balaban J connectivity index is 1.42. The van der Waals surface area contributed by atoms with Crippen molar-refractivity contribution in [1.82, 2.24) is 20.1 Å². The number of para-hydroxylation sites is 1. The van der Waals surface area contributed by atoms with Gasteiger partial charge in [-0.15, -0.1) is 11.3 Å². The molecule has 5 rings (SSSR count). The van der Waals surface area contributed by atoms with Crippen LogP contribution < -0.4 is 10.6 Å². The smallest absolute Gasteiger partial charge is 0.331 e. The Morgan fingerprint density at radius 2 is 1.89 bits per heavy atom. The molecule has 0 radical (unpaired) electrons. The first-order valence-corrected chi connectivity index (χ1v) is 12.7. The Kier molecular flexibility index (Phi) is 6.50. The highest BCUT2D eigenvalue weighted by Crippen LogP contribution is 2.28. The van der Waals surface area contributed by atoms with E-state index in [0.717, 1.165) is 47.9 Å². The number of benzene rings is 1. The summed E-state index contributed by atoms with van der Waals surface area (Å²) in [4.78, 5) is 53.3. The monoisotopic (exact) mass is 490 g/mol. The maximum absolute atomic E-state index is 13.3. The van der Waals surface area contributed by atoms with Crippen LogP contribution in [-0.2, 0) is 27.5 Å². The van der Waals surface area contributed by atoms with Crippen molar-refractivity contribution in [3.63, 3.8) is 0 Å². The zero-order valence-corrected chi connectivity index (χ0v) is 20.0. The second-order valence-electron chi connectivity index (χ2n) is 8.87. The lowest BCUT2D eigenvalue weighted by Gasteiger charge is -2.35. The third-order valence-electron chi connectivity index (χ3n) is 6.55. The fraction of sp³-hybridized carbons (Fsp3) is 0.308. The van der Waals surface area contributed by atoms with E-state index >= 15 is 0 Å². The third kappa shape index (κ3) is 4.77. The number of nitrogens with one attached hydrogen (secondary N) is 2. The summed E-state index contributed by atoms with van der Waals surface area (Å²) in [5.74, 6) is -1.40. The van der Waals surface area contributed by atoms with Gasteiger partial charge in [0.25, 0.3) is 11.8 Å². The number of hydrogen-bond acceptors (Lipinski definition) is 5. The van der Waals surface area contributed by atoms with Crippen molar-refractivity contribution < 1.29 is 19.2 Å². The molecule has 0 atom stereocenters. The molecule has 2 N–H and O–H groups in total.